The number of aromatic amines is 1. The van der Waals surface area contributed by atoms with Gasteiger partial charge in [-0.25, -0.2) is 0 Å². The van der Waals surface area contributed by atoms with E-state index in [4.69, 9.17) is 5.26 Å². The Morgan fingerprint density at radius 2 is 2.25 bits per heavy atom. The van der Waals surface area contributed by atoms with Crippen LogP contribution in [0.15, 0.2) is 17.1 Å². The molecule has 0 aliphatic rings. The molecule has 2 unspecified atom stereocenters. The van der Waals surface area contributed by atoms with Gasteiger partial charge >= 0.3 is 0 Å². The molecule has 0 saturated carbocycles. The monoisotopic (exact) mass is 240 g/mol. The summed E-state index contributed by atoms with van der Waals surface area (Å²) < 4.78 is 0. The fourth-order valence-corrected chi connectivity index (χ4v) is 1.53. The van der Waals surface area contributed by atoms with Crippen molar-refractivity contribution in [2.45, 2.75) is 18.6 Å². The zero-order valence-electron chi connectivity index (χ0n) is 8.42. The second-order valence-corrected chi connectivity index (χ2v) is 3.76. The molecule has 2 atom stereocenters. The molecule has 86 valence electrons. The summed E-state index contributed by atoms with van der Waals surface area (Å²) in [4.78, 5) is 13.4. The lowest BCUT2D eigenvalue weighted by atomic mass is 10.0. The summed E-state index contributed by atoms with van der Waals surface area (Å²) in [5.41, 5.74) is -0.290. The summed E-state index contributed by atoms with van der Waals surface area (Å²) in [6.07, 6.45) is -0.480. The molecule has 0 fully saturated rings. The van der Waals surface area contributed by atoms with Gasteiger partial charge in [-0.15, -0.1) is 0 Å². The fourth-order valence-electron chi connectivity index (χ4n) is 1.27. The van der Waals surface area contributed by atoms with Gasteiger partial charge in [0.05, 0.1) is 6.10 Å². The van der Waals surface area contributed by atoms with Crippen LogP contribution in [-0.4, -0.2) is 27.1 Å². The summed E-state index contributed by atoms with van der Waals surface area (Å²) in [6, 6.07) is 2.98. The first kappa shape index (κ1) is 12.8. The number of aliphatic hydroxyl groups is 2. The summed E-state index contributed by atoms with van der Waals surface area (Å²) in [7, 11) is 0. The number of nitriles is 1. The standard InChI is InChI=1S/C10H12N2O3S/c11-4-6-3-7(5-12-10(6)15)9(14)8(13)1-2-16/h3,5,8-9,13-14,16H,1-2H2,(H,12,15). The molecule has 16 heavy (non-hydrogen) atoms. The summed E-state index contributed by atoms with van der Waals surface area (Å²) in [6.45, 7) is 0. The van der Waals surface area contributed by atoms with Crippen molar-refractivity contribution in [1.82, 2.24) is 4.98 Å². The van der Waals surface area contributed by atoms with Crippen LogP contribution in [-0.2, 0) is 0 Å². The smallest absolute Gasteiger partial charge is 0.265 e. The van der Waals surface area contributed by atoms with Crippen molar-refractivity contribution in [2.75, 3.05) is 5.75 Å². The molecular weight excluding hydrogens is 228 g/mol. The van der Waals surface area contributed by atoms with Gasteiger partial charge in [-0.1, -0.05) is 0 Å². The first-order chi connectivity index (χ1) is 7.60. The summed E-state index contributed by atoms with van der Waals surface area (Å²) in [5.74, 6) is 0.437. The van der Waals surface area contributed by atoms with Crippen LogP contribution in [0, 0.1) is 11.3 Å². The summed E-state index contributed by atoms with van der Waals surface area (Å²) >= 11 is 3.94. The highest BCUT2D eigenvalue weighted by Gasteiger charge is 2.18. The lowest BCUT2D eigenvalue weighted by molar-refractivity contribution is 0.0170. The van der Waals surface area contributed by atoms with Gasteiger partial charge in [0, 0.05) is 11.8 Å². The van der Waals surface area contributed by atoms with E-state index in [-0.39, 0.29) is 5.56 Å². The number of hydrogen-bond donors (Lipinski definition) is 4. The number of hydrogen-bond acceptors (Lipinski definition) is 5. The maximum Gasteiger partial charge on any atom is 0.265 e. The maximum absolute atomic E-state index is 11.1. The minimum Gasteiger partial charge on any atom is -0.390 e. The molecule has 0 spiro atoms. The molecule has 0 aliphatic heterocycles. The number of nitrogens with zero attached hydrogens (tertiary/aromatic N) is 1. The summed E-state index contributed by atoms with van der Waals surface area (Å²) in [5, 5.41) is 27.9. The Balaban J connectivity index is 2.97. The van der Waals surface area contributed by atoms with Crippen LogP contribution >= 0.6 is 12.6 Å². The Hall–Kier alpha value is -1.29. The molecule has 0 bridgehead atoms. The normalized spacial score (nSPS) is 14.1. The van der Waals surface area contributed by atoms with Crippen LogP contribution in [0.3, 0.4) is 0 Å². The van der Waals surface area contributed by atoms with E-state index in [1.54, 1.807) is 6.07 Å². The van der Waals surface area contributed by atoms with Gasteiger partial charge in [-0.05, 0) is 18.2 Å². The first-order valence-electron chi connectivity index (χ1n) is 4.70. The Morgan fingerprint density at radius 3 is 2.81 bits per heavy atom. The van der Waals surface area contributed by atoms with Crippen molar-refractivity contribution >= 4 is 12.6 Å². The predicted octanol–water partition coefficient (Wildman–Crippen LogP) is -0.0392. The molecule has 0 aliphatic carbocycles. The molecule has 6 heteroatoms. The van der Waals surface area contributed by atoms with E-state index in [1.165, 1.54) is 12.3 Å². The van der Waals surface area contributed by atoms with Gasteiger partial charge in [-0.3, -0.25) is 4.79 Å². The van der Waals surface area contributed by atoms with Crippen molar-refractivity contribution in [2.24, 2.45) is 0 Å². The number of pyridine rings is 1. The molecule has 1 heterocycles. The third-order valence-corrected chi connectivity index (χ3v) is 2.44. The molecule has 1 rings (SSSR count). The Labute approximate surface area is 97.8 Å². The lowest BCUT2D eigenvalue weighted by Crippen LogP contribution is -2.20. The SMILES string of the molecule is N#Cc1cc(C(O)C(O)CCS)c[nH]c1=O. The van der Waals surface area contributed by atoms with Crippen LogP contribution in [0.2, 0.25) is 0 Å². The molecule has 0 radical (unpaired) electrons. The van der Waals surface area contributed by atoms with E-state index in [1.807, 2.05) is 0 Å². The Morgan fingerprint density at radius 1 is 1.56 bits per heavy atom. The van der Waals surface area contributed by atoms with E-state index in [0.29, 0.717) is 17.7 Å². The van der Waals surface area contributed by atoms with Gasteiger partial charge in [-0.2, -0.15) is 17.9 Å². The molecule has 3 N–H and O–H groups in total. The van der Waals surface area contributed by atoms with Crippen molar-refractivity contribution < 1.29 is 10.2 Å². The second-order valence-electron chi connectivity index (χ2n) is 3.31. The van der Waals surface area contributed by atoms with Gasteiger partial charge in [0.2, 0.25) is 0 Å². The van der Waals surface area contributed by atoms with Crippen LogP contribution in [0.1, 0.15) is 23.7 Å². The minimum atomic E-state index is -1.13. The number of aliphatic hydroxyl groups excluding tert-OH is 2. The molecule has 1 aromatic heterocycles. The molecule has 1 aromatic rings. The highest BCUT2D eigenvalue weighted by molar-refractivity contribution is 7.80. The fraction of sp³-hybridized carbons (Fsp3) is 0.400. The number of thiol groups is 1. The van der Waals surface area contributed by atoms with Crippen LogP contribution in [0.4, 0.5) is 0 Å². The zero-order valence-corrected chi connectivity index (χ0v) is 9.32. The quantitative estimate of drug-likeness (QED) is 0.555. The third-order valence-electron chi connectivity index (χ3n) is 2.18. The van der Waals surface area contributed by atoms with Crippen molar-refractivity contribution in [3.8, 4) is 6.07 Å². The molecule has 0 amide bonds. The van der Waals surface area contributed by atoms with Crippen LogP contribution in [0.25, 0.3) is 0 Å². The highest BCUT2D eigenvalue weighted by Crippen LogP contribution is 2.18. The molecule has 0 aromatic carbocycles. The van der Waals surface area contributed by atoms with E-state index in [2.05, 4.69) is 17.6 Å². The Bertz CT molecular complexity index is 452. The molecular formula is C10H12N2O3S. The molecule has 0 saturated heterocycles. The minimum absolute atomic E-state index is 0.0883. The van der Waals surface area contributed by atoms with E-state index in [9.17, 15) is 15.0 Å². The van der Waals surface area contributed by atoms with Crippen LogP contribution in [0.5, 0.6) is 0 Å². The zero-order chi connectivity index (χ0) is 12.1. The van der Waals surface area contributed by atoms with E-state index >= 15 is 0 Å². The second kappa shape index (κ2) is 5.70. The predicted molar refractivity (Wildman–Crippen MR) is 61.2 cm³/mol. The maximum atomic E-state index is 11.1. The van der Waals surface area contributed by atoms with E-state index < -0.39 is 17.8 Å². The number of rotatable bonds is 4. The highest BCUT2D eigenvalue weighted by atomic mass is 32.1. The number of aromatic nitrogens is 1. The van der Waals surface area contributed by atoms with Gasteiger partial charge in [0.1, 0.15) is 17.7 Å². The van der Waals surface area contributed by atoms with E-state index in [0.717, 1.165) is 0 Å². The first-order valence-corrected chi connectivity index (χ1v) is 5.33. The lowest BCUT2D eigenvalue weighted by Gasteiger charge is -2.16. The number of H-pyrrole nitrogens is 1. The average molecular weight is 240 g/mol. The van der Waals surface area contributed by atoms with Crippen molar-refractivity contribution in [1.29, 1.82) is 5.26 Å². The molecule has 5 nitrogen and oxygen atoms in total. The van der Waals surface area contributed by atoms with Crippen LogP contribution < -0.4 is 5.56 Å². The van der Waals surface area contributed by atoms with Crippen molar-refractivity contribution in [3.05, 3.63) is 33.7 Å². The van der Waals surface area contributed by atoms with Gasteiger partial charge < -0.3 is 15.2 Å². The van der Waals surface area contributed by atoms with Gasteiger partial charge in [0.25, 0.3) is 5.56 Å². The average Bonchev–Trinajstić information content (AvgIpc) is 2.29. The third kappa shape index (κ3) is 2.85. The number of nitrogens with one attached hydrogen (secondary N) is 1. The Kier molecular flexibility index (Phi) is 4.55. The largest absolute Gasteiger partial charge is 0.390 e. The topological polar surface area (TPSA) is 97.1 Å². The van der Waals surface area contributed by atoms with Gasteiger partial charge in [0.15, 0.2) is 0 Å². The van der Waals surface area contributed by atoms with Crippen molar-refractivity contribution in [3.63, 3.8) is 0 Å².